The van der Waals surface area contributed by atoms with Crippen LogP contribution in [-0.2, 0) is 25.7 Å². The van der Waals surface area contributed by atoms with Crippen LogP contribution in [-0.4, -0.2) is 40.6 Å². The van der Waals surface area contributed by atoms with E-state index in [4.69, 9.17) is 4.74 Å². The first-order valence-electron chi connectivity index (χ1n) is 14.7. The van der Waals surface area contributed by atoms with Gasteiger partial charge in [-0.05, 0) is 0 Å². The van der Waals surface area contributed by atoms with Crippen molar-refractivity contribution in [3.8, 4) is 11.5 Å². The van der Waals surface area contributed by atoms with Crippen LogP contribution in [0.3, 0.4) is 0 Å². The number of ether oxygens (including phenoxy) is 1. The molecule has 3 aromatic rings. The molecule has 2 aliphatic rings. The van der Waals surface area contributed by atoms with Crippen LogP contribution in [0.4, 0.5) is 0 Å². The Balaban J connectivity index is 1.11. The molecule has 2 N–H and O–H groups in total. The Morgan fingerprint density at radius 2 is 1.66 bits per heavy atom. The zero-order chi connectivity index (χ0) is 26.2. The molecule has 1 unspecified atom stereocenters. The van der Waals surface area contributed by atoms with Crippen LogP contribution in [0.1, 0.15) is 78.7 Å². The molecule has 0 saturated heterocycles. The second kappa shape index (κ2) is 13.7. The standard InChI is InChI=1S/C34H43AsNO2/c1-38-32-17-18-33(29-14-13-28-23-31(37)16-15-27(28)22-29)34(24-32)35-20-5-6-25-9-11-26(12-10-25)19-21-36-30-7-3-2-4-8-30/h9-12,15-18,23-24,29-30,36-37H,2-8,13-14,19-22H2,1H3. The molecule has 0 aromatic heterocycles. The van der Waals surface area contributed by atoms with E-state index in [0.29, 0.717) is 11.7 Å². The van der Waals surface area contributed by atoms with Crippen molar-refractivity contribution in [1.82, 2.24) is 5.32 Å². The Bertz CT molecular complexity index is 1170. The van der Waals surface area contributed by atoms with E-state index in [1.165, 1.54) is 75.9 Å². The zero-order valence-corrected chi connectivity index (χ0v) is 24.8. The van der Waals surface area contributed by atoms with Gasteiger partial charge in [0, 0.05) is 0 Å². The third kappa shape index (κ3) is 7.45. The average Bonchev–Trinajstić information content (AvgIpc) is 2.96. The van der Waals surface area contributed by atoms with Gasteiger partial charge in [-0.15, -0.1) is 0 Å². The molecule has 1 fully saturated rings. The Kier molecular flexibility index (Phi) is 9.87. The number of aryl methyl sites for hydroxylation is 2. The molecular weight excluding hydrogens is 529 g/mol. The maximum absolute atomic E-state index is 9.86. The van der Waals surface area contributed by atoms with E-state index < -0.39 is 0 Å². The average molecular weight is 573 g/mol. The fourth-order valence-corrected chi connectivity index (χ4v) is 8.77. The van der Waals surface area contributed by atoms with Crippen molar-refractivity contribution in [2.75, 3.05) is 13.7 Å². The van der Waals surface area contributed by atoms with Crippen LogP contribution in [0.5, 0.6) is 11.5 Å². The number of nitrogens with one attached hydrogen (secondary N) is 1. The van der Waals surface area contributed by atoms with Gasteiger partial charge < -0.3 is 0 Å². The Hall–Kier alpha value is -2.22. The van der Waals surface area contributed by atoms with Gasteiger partial charge in [0.15, 0.2) is 0 Å². The van der Waals surface area contributed by atoms with Gasteiger partial charge >= 0.3 is 217 Å². The zero-order valence-electron chi connectivity index (χ0n) is 22.9. The van der Waals surface area contributed by atoms with Gasteiger partial charge in [-0.1, -0.05) is 19.3 Å². The number of rotatable bonds is 11. The minimum absolute atomic E-state index is 0.105. The van der Waals surface area contributed by atoms with Gasteiger partial charge in [-0.2, -0.15) is 0 Å². The molecule has 38 heavy (non-hydrogen) atoms. The van der Waals surface area contributed by atoms with Gasteiger partial charge in [0.25, 0.3) is 0 Å². The summed E-state index contributed by atoms with van der Waals surface area (Å²) in [5, 5.41) is 14.9. The molecule has 0 bridgehead atoms. The van der Waals surface area contributed by atoms with Crippen LogP contribution >= 0.6 is 0 Å². The Morgan fingerprint density at radius 3 is 2.45 bits per heavy atom. The summed E-state index contributed by atoms with van der Waals surface area (Å²) in [7, 11) is 1.77. The van der Waals surface area contributed by atoms with Crippen molar-refractivity contribution >= 4 is 20.1 Å². The normalized spacial score (nSPS) is 18.1. The molecule has 2 aliphatic carbocycles. The molecule has 5 rings (SSSR count). The molecule has 0 amide bonds. The monoisotopic (exact) mass is 572 g/mol. The summed E-state index contributed by atoms with van der Waals surface area (Å²) >= 11 is 0.105. The Labute approximate surface area is 236 Å². The summed E-state index contributed by atoms with van der Waals surface area (Å²) in [6.07, 6.45) is 13.7. The molecular formula is C34H43AsNO2. The molecule has 0 heterocycles. The first-order chi connectivity index (χ1) is 18.7. The maximum atomic E-state index is 9.86. The second-order valence-corrected chi connectivity index (χ2v) is 13.8. The van der Waals surface area contributed by atoms with Crippen LogP contribution in [0.2, 0.25) is 5.21 Å². The molecule has 3 nitrogen and oxygen atoms in total. The SMILES string of the molecule is COc1ccc(C2CCc3cc(O)ccc3C2)c([As]CCCc2ccc(CCNC3CCCCC3)cc2)c1. The summed E-state index contributed by atoms with van der Waals surface area (Å²) in [6.45, 7) is 1.10. The van der Waals surface area contributed by atoms with E-state index in [9.17, 15) is 5.11 Å². The Morgan fingerprint density at radius 1 is 0.868 bits per heavy atom. The van der Waals surface area contributed by atoms with E-state index in [-0.39, 0.29) is 15.8 Å². The number of hydrogen-bond donors (Lipinski definition) is 2. The van der Waals surface area contributed by atoms with E-state index in [1.54, 1.807) is 7.11 Å². The molecule has 0 spiro atoms. The molecule has 4 heteroatoms. The summed E-state index contributed by atoms with van der Waals surface area (Å²) in [5.41, 5.74) is 7.15. The number of phenols is 1. The summed E-state index contributed by atoms with van der Waals surface area (Å²) in [6, 6.07) is 22.8. The van der Waals surface area contributed by atoms with Crippen molar-refractivity contribution in [3.63, 3.8) is 0 Å². The van der Waals surface area contributed by atoms with Crippen LogP contribution in [0.25, 0.3) is 0 Å². The predicted octanol–water partition coefficient (Wildman–Crippen LogP) is 6.52. The van der Waals surface area contributed by atoms with Gasteiger partial charge in [0.2, 0.25) is 0 Å². The minimum atomic E-state index is 0.105. The van der Waals surface area contributed by atoms with Crippen molar-refractivity contribution in [3.05, 3.63) is 88.5 Å². The fourth-order valence-electron chi connectivity index (χ4n) is 6.22. The number of phenolic OH excluding ortho intramolecular Hbond substituents is 1. The van der Waals surface area contributed by atoms with Gasteiger partial charge in [0.05, 0.1) is 0 Å². The van der Waals surface area contributed by atoms with Gasteiger partial charge in [0.1, 0.15) is 0 Å². The van der Waals surface area contributed by atoms with E-state index in [0.717, 1.165) is 50.4 Å². The van der Waals surface area contributed by atoms with Gasteiger partial charge in [-0.25, -0.2) is 0 Å². The number of benzene rings is 3. The van der Waals surface area contributed by atoms with Crippen molar-refractivity contribution in [2.45, 2.75) is 87.8 Å². The topological polar surface area (TPSA) is 41.5 Å². The first kappa shape index (κ1) is 27.3. The van der Waals surface area contributed by atoms with Crippen molar-refractivity contribution < 1.29 is 9.84 Å². The van der Waals surface area contributed by atoms with Crippen LogP contribution < -0.4 is 14.4 Å². The number of methoxy groups -OCH3 is 1. The summed E-state index contributed by atoms with van der Waals surface area (Å²) < 4.78 is 7.13. The third-order valence-corrected chi connectivity index (χ3v) is 11.1. The summed E-state index contributed by atoms with van der Waals surface area (Å²) in [4.78, 5) is 0. The molecule has 1 saturated carbocycles. The second-order valence-electron chi connectivity index (χ2n) is 11.2. The summed E-state index contributed by atoms with van der Waals surface area (Å²) in [5.74, 6) is 1.93. The predicted molar refractivity (Wildman–Crippen MR) is 159 cm³/mol. The first-order valence-corrected chi connectivity index (χ1v) is 16.9. The fraction of sp³-hybridized carbons (Fsp3) is 0.471. The van der Waals surface area contributed by atoms with Crippen LogP contribution in [0, 0.1) is 0 Å². The number of fused-ring (bicyclic) bond motifs is 1. The number of hydrogen-bond acceptors (Lipinski definition) is 3. The molecule has 1 atom stereocenters. The molecule has 3 aromatic carbocycles. The van der Waals surface area contributed by atoms with Crippen LogP contribution in [0.15, 0.2) is 60.7 Å². The van der Waals surface area contributed by atoms with E-state index in [2.05, 4.69) is 53.8 Å². The van der Waals surface area contributed by atoms with E-state index in [1.807, 2.05) is 12.1 Å². The van der Waals surface area contributed by atoms with Crippen molar-refractivity contribution in [2.24, 2.45) is 0 Å². The molecule has 1 radical (unpaired) electrons. The van der Waals surface area contributed by atoms with E-state index >= 15 is 0 Å². The third-order valence-electron chi connectivity index (χ3n) is 8.48. The molecule has 201 valence electrons. The number of aromatic hydroxyl groups is 1. The van der Waals surface area contributed by atoms with Crippen molar-refractivity contribution in [1.29, 1.82) is 0 Å². The van der Waals surface area contributed by atoms with Gasteiger partial charge in [-0.3, -0.25) is 0 Å². The quantitative estimate of drug-likeness (QED) is 0.203. The molecule has 0 aliphatic heterocycles.